The van der Waals surface area contributed by atoms with Crippen molar-refractivity contribution in [3.05, 3.63) is 81.7 Å². The van der Waals surface area contributed by atoms with Gasteiger partial charge in [-0.05, 0) is 92.2 Å². The summed E-state index contributed by atoms with van der Waals surface area (Å²) in [4.78, 5) is 57.1. The first-order chi connectivity index (χ1) is 24.5. The Morgan fingerprint density at radius 3 is 2.31 bits per heavy atom. The Morgan fingerprint density at radius 1 is 0.962 bits per heavy atom. The van der Waals surface area contributed by atoms with E-state index in [1.165, 1.54) is 0 Å². The Hall–Kier alpha value is -4.61. The molecule has 6 heterocycles. The molecule has 0 saturated carbocycles. The summed E-state index contributed by atoms with van der Waals surface area (Å²) in [5.74, 6) is -2.23. The minimum absolute atomic E-state index is 0.0555. The van der Waals surface area contributed by atoms with Crippen LogP contribution in [0.2, 0.25) is 18.1 Å². The van der Waals surface area contributed by atoms with Gasteiger partial charge in [0, 0.05) is 40.7 Å². The van der Waals surface area contributed by atoms with E-state index in [1.807, 2.05) is 38.1 Å². The van der Waals surface area contributed by atoms with Crippen LogP contribution in [0.25, 0.3) is 33.3 Å². The minimum Gasteiger partial charge on any atom is -0.463 e. The molecule has 4 aliphatic heterocycles. The quantitative estimate of drug-likeness (QED) is 0.113. The van der Waals surface area contributed by atoms with Gasteiger partial charge in [0.15, 0.2) is 8.32 Å². The predicted molar refractivity (Wildman–Crippen MR) is 207 cm³/mol. The molecule has 2 aromatic heterocycles. The molecule has 8 bridgehead atoms. The van der Waals surface area contributed by atoms with Gasteiger partial charge in [0.2, 0.25) is 0 Å². The molecule has 0 aliphatic carbocycles. The fourth-order valence-corrected chi connectivity index (χ4v) is 8.27. The number of nitrogens with zero attached hydrogens (tertiary/aromatic N) is 2. The zero-order valence-corrected chi connectivity index (χ0v) is 33.1. The van der Waals surface area contributed by atoms with Crippen LogP contribution in [0.1, 0.15) is 140 Å². The van der Waals surface area contributed by atoms with Crippen molar-refractivity contribution >= 4 is 59.6 Å². The van der Waals surface area contributed by atoms with Crippen LogP contribution in [-0.4, -0.2) is 59.4 Å². The number of cyclic esters (lactones) is 2. The van der Waals surface area contributed by atoms with Gasteiger partial charge in [0.1, 0.15) is 12.2 Å². The number of H-pyrrole nitrogens is 2. The number of carbonyl (C=O) groups is 3. The smallest absolute Gasteiger partial charge is 0.349 e. The topological polar surface area (TPSA) is 136 Å². The number of aromatic amines is 2. The zero-order valence-electron chi connectivity index (χ0n) is 32.1. The number of allylic oxidation sites excluding steroid dienone is 5. The van der Waals surface area contributed by atoms with Gasteiger partial charge in [-0.2, -0.15) is 0 Å². The van der Waals surface area contributed by atoms with Gasteiger partial charge < -0.3 is 23.9 Å². The summed E-state index contributed by atoms with van der Waals surface area (Å²) in [5, 5.41) is 0.0555. The molecule has 0 amide bonds. The SMILES string of the molecule is C=CC1=C(C)c2cc3[nH]c(c4c5[nH]c(cc6nc(cc1n2)C(C)=C6CC)c(C)c5C(=O)OC4=O)[C@@H](CCC(=O)OCCO[Si](C)(C)C(C)(C)C)[C@@H]3C. The number of hydrogen-bond acceptors (Lipinski definition) is 8. The largest absolute Gasteiger partial charge is 0.463 e. The van der Waals surface area contributed by atoms with E-state index in [9.17, 15) is 14.4 Å². The van der Waals surface area contributed by atoms with Crippen molar-refractivity contribution in [3.63, 3.8) is 0 Å². The molecule has 0 radical (unpaired) electrons. The fraction of sp³-hybridized carbons (Fsp3) is 0.439. The third-order valence-corrected chi connectivity index (χ3v) is 16.1. The summed E-state index contributed by atoms with van der Waals surface area (Å²) in [6.07, 6.45) is 3.09. The highest BCUT2D eigenvalue weighted by Gasteiger charge is 2.39. The maximum Gasteiger partial charge on any atom is 0.349 e. The summed E-state index contributed by atoms with van der Waals surface area (Å²) in [5.41, 5.74) is 10.9. The normalized spacial score (nSPS) is 18.1. The Balaban J connectivity index is 1.48. The van der Waals surface area contributed by atoms with Crippen LogP contribution in [0.3, 0.4) is 0 Å². The molecule has 0 saturated heterocycles. The Morgan fingerprint density at radius 2 is 1.63 bits per heavy atom. The lowest BCUT2D eigenvalue weighted by Gasteiger charge is -2.36. The number of ether oxygens (including phenoxy) is 2. The number of carbonyl (C=O) groups excluding carboxylic acids is 3. The lowest BCUT2D eigenvalue weighted by Crippen LogP contribution is -2.41. The molecule has 0 unspecified atom stereocenters. The van der Waals surface area contributed by atoms with E-state index < -0.39 is 20.3 Å². The number of aryl methyl sites for hydroxylation is 1. The number of aromatic nitrogens is 4. The molecule has 4 aliphatic rings. The fourth-order valence-electron chi connectivity index (χ4n) is 7.25. The average Bonchev–Trinajstić information content (AvgIpc) is 3.74. The second-order valence-electron chi connectivity index (χ2n) is 15.6. The summed E-state index contributed by atoms with van der Waals surface area (Å²) in [6, 6.07) is 5.94. The molecule has 274 valence electrons. The van der Waals surface area contributed by atoms with E-state index in [2.05, 4.69) is 71.2 Å². The molecule has 52 heavy (non-hydrogen) atoms. The van der Waals surface area contributed by atoms with Gasteiger partial charge in [-0.15, -0.1) is 0 Å². The molecule has 0 spiro atoms. The molecular formula is C41H50N4O6Si. The number of fused-ring (bicyclic) bond motifs is 8. The van der Waals surface area contributed by atoms with Crippen LogP contribution in [0.5, 0.6) is 0 Å². The number of hydrogen-bond donors (Lipinski definition) is 2. The van der Waals surface area contributed by atoms with Gasteiger partial charge in [-0.25, -0.2) is 19.6 Å². The Bertz CT molecular complexity index is 2160. The van der Waals surface area contributed by atoms with Crippen LogP contribution in [0.15, 0.2) is 30.9 Å². The van der Waals surface area contributed by atoms with E-state index in [1.54, 1.807) is 0 Å². The van der Waals surface area contributed by atoms with Crippen molar-refractivity contribution in [1.82, 2.24) is 19.9 Å². The number of rotatable bonds is 9. The standard InChI is InChI=1S/C41H50N4O6Si/c1-12-25-21(3)28-18-30-23(5)27(14-15-34(46)49-16-17-50-52(10,11)41(7,8)9)37(44-30)36-38-35(39(47)51-40(36)48)24(6)31(45-38)20-33-26(13-2)22(4)29(43-33)19-32(25)42-28/h12,18-20,23,27,44-45H,1,13-17H2,2-11H3/t23-,27-/m0/s1. The van der Waals surface area contributed by atoms with Crippen LogP contribution in [-0.2, 0) is 18.7 Å². The zero-order chi connectivity index (χ0) is 37.9. The highest BCUT2D eigenvalue weighted by Crippen LogP contribution is 2.44. The van der Waals surface area contributed by atoms with E-state index in [0.29, 0.717) is 40.9 Å². The van der Waals surface area contributed by atoms with Gasteiger partial charge in [0.05, 0.1) is 40.5 Å². The second-order valence-corrected chi connectivity index (χ2v) is 20.4. The summed E-state index contributed by atoms with van der Waals surface area (Å²) < 4.78 is 17.2. The molecule has 2 aromatic rings. The van der Waals surface area contributed by atoms with E-state index >= 15 is 0 Å². The van der Waals surface area contributed by atoms with Crippen LogP contribution < -0.4 is 0 Å². The number of nitrogens with one attached hydrogen (secondary N) is 2. The monoisotopic (exact) mass is 722 g/mol. The van der Waals surface area contributed by atoms with Crippen molar-refractivity contribution < 1.29 is 28.3 Å². The van der Waals surface area contributed by atoms with E-state index in [4.69, 9.17) is 23.9 Å². The maximum atomic E-state index is 13.7. The van der Waals surface area contributed by atoms with Gasteiger partial charge in [-0.3, -0.25) is 4.79 Å². The Labute approximate surface area is 306 Å². The van der Waals surface area contributed by atoms with Gasteiger partial charge in [-0.1, -0.05) is 47.3 Å². The molecule has 0 aromatic carbocycles. The van der Waals surface area contributed by atoms with Crippen LogP contribution >= 0.6 is 0 Å². The first kappa shape index (κ1) is 37.2. The number of esters is 3. The molecule has 10 nitrogen and oxygen atoms in total. The van der Waals surface area contributed by atoms with Gasteiger partial charge >= 0.3 is 17.9 Å². The van der Waals surface area contributed by atoms with E-state index in [-0.39, 0.29) is 41.4 Å². The molecule has 2 N–H and O–H groups in total. The highest BCUT2D eigenvalue weighted by molar-refractivity contribution is 6.74. The molecular weight excluding hydrogens is 673 g/mol. The highest BCUT2D eigenvalue weighted by atomic mass is 28.4. The van der Waals surface area contributed by atoms with Crippen molar-refractivity contribution in [3.8, 4) is 0 Å². The van der Waals surface area contributed by atoms with Gasteiger partial charge in [0.25, 0.3) is 0 Å². The third-order valence-electron chi connectivity index (χ3n) is 11.5. The second kappa shape index (κ2) is 13.7. The lowest BCUT2D eigenvalue weighted by molar-refractivity contribution is -0.144. The molecule has 11 heteroatoms. The van der Waals surface area contributed by atoms with Crippen molar-refractivity contribution in [1.29, 1.82) is 0 Å². The molecule has 6 rings (SSSR count). The summed E-state index contributed by atoms with van der Waals surface area (Å²) in [7, 11) is -1.97. The van der Waals surface area contributed by atoms with Crippen molar-refractivity contribution in [2.45, 2.75) is 105 Å². The first-order valence-electron chi connectivity index (χ1n) is 18.1. The summed E-state index contributed by atoms with van der Waals surface area (Å²) in [6.45, 7) is 25.5. The van der Waals surface area contributed by atoms with Crippen molar-refractivity contribution in [2.24, 2.45) is 0 Å². The Kier molecular flexibility index (Phi) is 9.82. The molecule has 2 atom stereocenters. The van der Waals surface area contributed by atoms with Crippen molar-refractivity contribution in [2.75, 3.05) is 13.2 Å². The maximum absolute atomic E-state index is 13.7. The van der Waals surface area contributed by atoms with Crippen LogP contribution in [0.4, 0.5) is 0 Å². The average molecular weight is 723 g/mol. The lowest BCUT2D eigenvalue weighted by atomic mass is 9.85. The summed E-state index contributed by atoms with van der Waals surface area (Å²) >= 11 is 0. The minimum atomic E-state index is -1.97. The van der Waals surface area contributed by atoms with Crippen LogP contribution in [0, 0.1) is 6.92 Å². The molecule has 0 fully saturated rings. The van der Waals surface area contributed by atoms with E-state index in [0.717, 1.165) is 57.2 Å². The third kappa shape index (κ3) is 6.49. The predicted octanol–water partition coefficient (Wildman–Crippen LogP) is 9.35. The first-order valence-corrected chi connectivity index (χ1v) is 21.0.